The molecule has 1 aliphatic carbocycles. The van der Waals surface area contributed by atoms with Crippen LogP contribution in [0, 0.1) is 11.8 Å². The summed E-state index contributed by atoms with van der Waals surface area (Å²) in [5.41, 5.74) is 4.30. The van der Waals surface area contributed by atoms with Crippen LogP contribution in [0.1, 0.15) is 60.3 Å². The first-order valence-corrected chi connectivity index (χ1v) is 10.5. The zero-order valence-electron chi connectivity index (χ0n) is 18.6. The third-order valence-corrected chi connectivity index (χ3v) is 5.40. The van der Waals surface area contributed by atoms with E-state index in [1.807, 2.05) is 19.1 Å². The lowest BCUT2D eigenvalue weighted by Crippen LogP contribution is -2.34. The molecule has 1 heterocycles. The summed E-state index contributed by atoms with van der Waals surface area (Å²) in [5.74, 6) is -0.908. The summed E-state index contributed by atoms with van der Waals surface area (Å²) in [5, 5.41) is 10.3. The minimum absolute atomic E-state index is 0.0387. The van der Waals surface area contributed by atoms with Gasteiger partial charge in [-0.15, -0.1) is 0 Å². The molecule has 1 aliphatic heterocycles. The van der Waals surface area contributed by atoms with E-state index in [9.17, 15) is 14.7 Å². The van der Waals surface area contributed by atoms with E-state index >= 15 is 0 Å². The van der Waals surface area contributed by atoms with Crippen LogP contribution in [0.25, 0.3) is 0 Å². The Hall–Kier alpha value is -2.34. The molecule has 166 valence electrons. The zero-order chi connectivity index (χ0) is 22.3. The first-order chi connectivity index (χ1) is 14.2. The monoisotopic (exact) mass is 418 g/mol. The van der Waals surface area contributed by atoms with Gasteiger partial charge in [-0.25, -0.2) is 0 Å². The average Bonchev–Trinajstić information content (AvgIpc) is 3.06. The molecule has 6 heteroatoms. The van der Waals surface area contributed by atoms with Crippen molar-refractivity contribution < 1.29 is 28.9 Å². The van der Waals surface area contributed by atoms with Crippen molar-refractivity contribution in [3.63, 3.8) is 0 Å². The van der Waals surface area contributed by atoms with Crippen LogP contribution >= 0.6 is 0 Å². The molecule has 1 N–H and O–H groups in total. The minimum atomic E-state index is -0.975. The summed E-state index contributed by atoms with van der Waals surface area (Å²) in [4.78, 5) is 22.8. The molecular formula is C24H34O6. The molecule has 2 aliphatic rings. The van der Waals surface area contributed by atoms with Crippen LogP contribution in [-0.2, 0) is 23.8 Å². The van der Waals surface area contributed by atoms with Gasteiger partial charge >= 0.3 is 11.9 Å². The van der Waals surface area contributed by atoms with Crippen molar-refractivity contribution in [3.8, 4) is 0 Å². The van der Waals surface area contributed by atoms with Gasteiger partial charge in [-0.1, -0.05) is 23.3 Å². The highest BCUT2D eigenvalue weighted by Crippen LogP contribution is 2.44. The second-order valence-corrected chi connectivity index (χ2v) is 8.33. The summed E-state index contributed by atoms with van der Waals surface area (Å²) in [6.07, 6.45) is 9.50. The van der Waals surface area contributed by atoms with Gasteiger partial charge in [0.2, 0.25) is 6.29 Å². The molecule has 30 heavy (non-hydrogen) atoms. The van der Waals surface area contributed by atoms with E-state index in [0.717, 1.165) is 36.0 Å². The van der Waals surface area contributed by atoms with Gasteiger partial charge < -0.3 is 19.3 Å². The Morgan fingerprint density at radius 2 is 1.93 bits per heavy atom. The summed E-state index contributed by atoms with van der Waals surface area (Å²) < 4.78 is 16.2. The van der Waals surface area contributed by atoms with Gasteiger partial charge in [0.05, 0.1) is 12.2 Å². The third-order valence-electron chi connectivity index (χ3n) is 5.40. The molecule has 0 aromatic carbocycles. The number of rotatable bonds is 9. The Labute approximate surface area is 179 Å². The Balaban J connectivity index is 2.09. The van der Waals surface area contributed by atoms with E-state index in [-0.39, 0.29) is 30.4 Å². The van der Waals surface area contributed by atoms with Gasteiger partial charge in [-0.05, 0) is 63.2 Å². The van der Waals surface area contributed by atoms with Crippen molar-refractivity contribution in [1.29, 1.82) is 0 Å². The molecule has 0 amide bonds. The average molecular weight is 419 g/mol. The maximum Gasteiger partial charge on any atom is 0.303 e. The summed E-state index contributed by atoms with van der Waals surface area (Å²) in [6.45, 7) is 9.12. The highest BCUT2D eigenvalue weighted by molar-refractivity contribution is 5.66. The van der Waals surface area contributed by atoms with Crippen molar-refractivity contribution in [2.75, 3.05) is 6.61 Å². The second-order valence-electron chi connectivity index (χ2n) is 8.33. The molecular weight excluding hydrogens is 384 g/mol. The van der Waals surface area contributed by atoms with E-state index in [1.165, 1.54) is 19.4 Å². The van der Waals surface area contributed by atoms with E-state index in [0.29, 0.717) is 6.42 Å². The van der Waals surface area contributed by atoms with Crippen LogP contribution in [0.15, 0.2) is 46.8 Å². The second kappa shape index (κ2) is 11.2. The third kappa shape index (κ3) is 7.17. The first kappa shape index (κ1) is 23.9. The Kier molecular flexibility index (Phi) is 8.90. The van der Waals surface area contributed by atoms with Crippen molar-refractivity contribution in [1.82, 2.24) is 0 Å². The van der Waals surface area contributed by atoms with Crippen molar-refractivity contribution in [2.45, 2.75) is 72.7 Å². The van der Waals surface area contributed by atoms with Crippen molar-refractivity contribution in [3.05, 3.63) is 46.8 Å². The lowest BCUT2D eigenvalue weighted by molar-refractivity contribution is -0.144. The number of fused-ring (bicyclic) bond motifs is 1. The lowest BCUT2D eigenvalue weighted by atomic mass is 9.81. The predicted molar refractivity (Wildman–Crippen MR) is 114 cm³/mol. The Morgan fingerprint density at radius 3 is 2.57 bits per heavy atom. The van der Waals surface area contributed by atoms with Gasteiger partial charge in [-0.2, -0.15) is 0 Å². The molecule has 0 saturated carbocycles. The SMILES string of the molecule is CC(=O)OCC1=CC[C@@H]2C(C[C@H](/C=C(\C)CCC=C(C)C)OC(C)=O)=CO[C@@H](O)[C@H]12. The van der Waals surface area contributed by atoms with Gasteiger partial charge in [0.1, 0.15) is 12.7 Å². The van der Waals surface area contributed by atoms with E-state index in [4.69, 9.17) is 14.2 Å². The topological polar surface area (TPSA) is 82.1 Å². The number of carbonyl (C=O) groups is 2. The molecule has 0 radical (unpaired) electrons. The number of aliphatic hydroxyl groups excluding tert-OH is 1. The highest BCUT2D eigenvalue weighted by Gasteiger charge is 2.41. The smallest absolute Gasteiger partial charge is 0.303 e. The van der Waals surface area contributed by atoms with Crippen LogP contribution in [0.2, 0.25) is 0 Å². The van der Waals surface area contributed by atoms with Crippen molar-refractivity contribution in [2.24, 2.45) is 11.8 Å². The van der Waals surface area contributed by atoms with Gasteiger partial charge in [0, 0.05) is 20.3 Å². The molecule has 6 nitrogen and oxygen atoms in total. The van der Waals surface area contributed by atoms with Gasteiger partial charge in [0.25, 0.3) is 0 Å². The van der Waals surface area contributed by atoms with Crippen LogP contribution in [0.5, 0.6) is 0 Å². The zero-order valence-corrected chi connectivity index (χ0v) is 18.6. The largest absolute Gasteiger partial charge is 0.472 e. The predicted octanol–water partition coefficient (Wildman–Crippen LogP) is 4.36. The molecule has 0 unspecified atom stereocenters. The van der Waals surface area contributed by atoms with E-state index < -0.39 is 12.4 Å². The number of aliphatic hydroxyl groups is 1. The van der Waals surface area contributed by atoms with E-state index in [1.54, 1.807) is 6.26 Å². The molecule has 0 spiro atoms. The van der Waals surface area contributed by atoms with Crippen LogP contribution < -0.4 is 0 Å². The summed E-state index contributed by atoms with van der Waals surface area (Å²) in [7, 11) is 0. The fourth-order valence-corrected chi connectivity index (χ4v) is 4.02. The highest BCUT2D eigenvalue weighted by atomic mass is 16.6. The Bertz CT molecular complexity index is 754. The van der Waals surface area contributed by atoms with Crippen LogP contribution in [0.4, 0.5) is 0 Å². The maximum atomic E-state index is 11.7. The molecule has 0 aromatic heterocycles. The maximum absolute atomic E-state index is 11.7. The summed E-state index contributed by atoms with van der Waals surface area (Å²) in [6, 6.07) is 0. The molecule has 4 atom stereocenters. The molecule has 0 saturated heterocycles. The standard InChI is InChI=1S/C24H34O6/c1-15(2)7-6-8-16(3)11-21(30-18(5)26)12-20-14-29-24(27)23-19(9-10-22(20)23)13-28-17(4)25/h7,9,11,14,21-24,27H,6,8,10,12-13H2,1-5H3/b16-11+/t21-,22+,23+,24+/m0/s1. The summed E-state index contributed by atoms with van der Waals surface area (Å²) >= 11 is 0. The van der Waals surface area contributed by atoms with Crippen molar-refractivity contribution >= 4 is 11.9 Å². The number of hydrogen-bond donors (Lipinski definition) is 1. The van der Waals surface area contributed by atoms with Gasteiger partial charge in [0.15, 0.2) is 0 Å². The number of hydrogen-bond acceptors (Lipinski definition) is 6. The quantitative estimate of drug-likeness (QED) is 0.443. The molecule has 0 bridgehead atoms. The molecule has 0 aromatic rings. The number of carbonyl (C=O) groups excluding carboxylic acids is 2. The van der Waals surface area contributed by atoms with Gasteiger partial charge in [-0.3, -0.25) is 9.59 Å². The van der Waals surface area contributed by atoms with E-state index in [2.05, 4.69) is 19.9 Å². The first-order valence-electron chi connectivity index (χ1n) is 10.5. The molecule has 0 fully saturated rings. The fraction of sp³-hybridized carbons (Fsp3) is 0.583. The number of allylic oxidation sites excluding steroid dienone is 4. The fourth-order valence-electron chi connectivity index (χ4n) is 4.02. The van der Waals surface area contributed by atoms with Crippen LogP contribution in [-0.4, -0.2) is 36.0 Å². The molecule has 2 rings (SSSR count). The lowest BCUT2D eigenvalue weighted by Gasteiger charge is -2.34. The minimum Gasteiger partial charge on any atom is -0.472 e. The number of esters is 2. The Morgan fingerprint density at radius 1 is 1.20 bits per heavy atom. The van der Waals surface area contributed by atoms with Crippen LogP contribution in [0.3, 0.4) is 0 Å². The number of ether oxygens (including phenoxy) is 3. The normalized spacial score (nSPS) is 24.1.